The largest absolute Gasteiger partial charge is 0.496 e. The first-order valence-corrected chi connectivity index (χ1v) is 11.7. The van der Waals surface area contributed by atoms with Crippen molar-refractivity contribution in [1.82, 2.24) is 9.80 Å². The second-order valence-electron chi connectivity index (χ2n) is 8.36. The summed E-state index contributed by atoms with van der Waals surface area (Å²) in [6, 6.07) is 17.1. The highest BCUT2D eigenvalue weighted by molar-refractivity contribution is 8.14. The molecule has 7 heteroatoms. The fourth-order valence-corrected chi connectivity index (χ4v) is 5.68. The minimum Gasteiger partial charge on any atom is -0.496 e. The van der Waals surface area contributed by atoms with E-state index in [1.165, 1.54) is 5.56 Å². The number of amidine groups is 1. The van der Waals surface area contributed by atoms with E-state index < -0.39 is 0 Å². The number of hydrogen-bond donors (Lipinski definition) is 1. The molecule has 0 saturated carbocycles. The van der Waals surface area contributed by atoms with Crippen LogP contribution in [0.2, 0.25) is 0 Å². The van der Waals surface area contributed by atoms with Crippen molar-refractivity contribution in [3.63, 3.8) is 0 Å². The number of thioether (sulfide) groups is 1. The molecule has 3 heterocycles. The van der Waals surface area contributed by atoms with Gasteiger partial charge in [0.1, 0.15) is 23.0 Å². The topological polar surface area (TPSA) is 52.5 Å². The molecule has 3 atom stereocenters. The van der Waals surface area contributed by atoms with Gasteiger partial charge in [-0.2, -0.15) is 0 Å². The van der Waals surface area contributed by atoms with Crippen LogP contribution in [-0.2, 0) is 6.42 Å². The van der Waals surface area contributed by atoms with E-state index in [0.29, 0.717) is 6.04 Å². The molecule has 0 spiro atoms. The van der Waals surface area contributed by atoms with Gasteiger partial charge in [0.05, 0.1) is 23.5 Å². The summed E-state index contributed by atoms with van der Waals surface area (Å²) in [7, 11) is 3.97. The Morgan fingerprint density at radius 1 is 1.13 bits per heavy atom. The van der Waals surface area contributed by atoms with Gasteiger partial charge in [0.25, 0.3) is 0 Å². The summed E-state index contributed by atoms with van der Waals surface area (Å²) in [6.45, 7) is 4.99. The molecule has 3 aliphatic heterocycles. The molecule has 0 aromatic heterocycles. The van der Waals surface area contributed by atoms with Gasteiger partial charge in [0.15, 0.2) is 0 Å². The number of hydrogen-bond acceptors (Lipinski definition) is 7. The standard InChI is InChI=1S/C24H29N5OS/c1-16-25-22-23(26-19-9-5-6-10-20(19)27-24(22)31-16)29-13-12-28(2)18(15-29)14-17-8-4-7-11-21(17)30-3/h4-11,18,22,24,27H,12-15H2,1-3H3/t18-,22?,24?/m0/s1. The van der Waals surface area contributed by atoms with Gasteiger partial charge in [-0.1, -0.05) is 42.1 Å². The minimum atomic E-state index is 0.0349. The van der Waals surface area contributed by atoms with Crippen LogP contribution in [0.5, 0.6) is 5.75 Å². The average Bonchev–Trinajstić information content (AvgIpc) is 3.07. The van der Waals surface area contributed by atoms with Crippen molar-refractivity contribution < 1.29 is 4.74 Å². The molecule has 0 amide bonds. The molecule has 0 bridgehead atoms. The summed E-state index contributed by atoms with van der Waals surface area (Å²) in [6.07, 6.45) is 0.949. The zero-order valence-electron chi connectivity index (χ0n) is 18.3. The van der Waals surface area contributed by atoms with Crippen molar-refractivity contribution in [2.24, 2.45) is 9.98 Å². The summed E-state index contributed by atoms with van der Waals surface area (Å²) < 4.78 is 5.60. The van der Waals surface area contributed by atoms with Crippen LogP contribution in [0, 0.1) is 0 Å². The summed E-state index contributed by atoms with van der Waals surface area (Å²) in [5.41, 5.74) is 3.34. The normalized spacial score (nSPS) is 25.6. The van der Waals surface area contributed by atoms with Gasteiger partial charge in [-0.05, 0) is 44.2 Å². The fraction of sp³-hybridized carbons (Fsp3) is 0.417. The van der Waals surface area contributed by atoms with Crippen molar-refractivity contribution in [2.75, 3.05) is 39.1 Å². The van der Waals surface area contributed by atoms with Gasteiger partial charge in [0.2, 0.25) is 0 Å². The zero-order valence-corrected chi connectivity index (χ0v) is 19.1. The third kappa shape index (κ3) is 4.04. The van der Waals surface area contributed by atoms with Crippen molar-refractivity contribution in [3.05, 3.63) is 54.1 Å². The van der Waals surface area contributed by atoms with Gasteiger partial charge < -0.3 is 15.0 Å². The van der Waals surface area contributed by atoms with E-state index in [2.05, 4.69) is 65.5 Å². The fourth-order valence-electron chi connectivity index (χ4n) is 4.64. The van der Waals surface area contributed by atoms with Crippen molar-refractivity contribution in [3.8, 4) is 5.75 Å². The van der Waals surface area contributed by atoms with Crippen LogP contribution < -0.4 is 10.1 Å². The van der Waals surface area contributed by atoms with Crippen LogP contribution in [0.25, 0.3) is 0 Å². The van der Waals surface area contributed by atoms with E-state index >= 15 is 0 Å². The maximum Gasteiger partial charge on any atom is 0.138 e. The van der Waals surface area contributed by atoms with Crippen LogP contribution in [0.3, 0.4) is 0 Å². The molecule has 162 valence electrons. The van der Waals surface area contributed by atoms with Gasteiger partial charge >= 0.3 is 0 Å². The number of anilines is 1. The predicted molar refractivity (Wildman–Crippen MR) is 130 cm³/mol. The van der Waals surface area contributed by atoms with Gasteiger partial charge in [0, 0.05) is 25.7 Å². The summed E-state index contributed by atoms with van der Waals surface area (Å²) in [5, 5.41) is 4.99. The molecule has 0 radical (unpaired) electrons. The van der Waals surface area contributed by atoms with E-state index in [1.54, 1.807) is 7.11 Å². The summed E-state index contributed by atoms with van der Waals surface area (Å²) >= 11 is 1.81. The Morgan fingerprint density at radius 3 is 2.81 bits per heavy atom. The molecule has 0 aliphatic carbocycles. The Morgan fingerprint density at radius 2 is 1.94 bits per heavy atom. The lowest BCUT2D eigenvalue weighted by Crippen LogP contribution is -2.56. The number of ether oxygens (including phenoxy) is 1. The molecule has 31 heavy (non-hydrogen) atoms. The second-order valence-corrected chi connectivity index (χ2v) is 9.69. The van der Waals surface area contributed by atoms with Crippen molar-refractivity contribution in [2.45, 2.75) is 30.8 Å². The van der Waals surface area contributed by atoms with Crippen LogP contribution >= 0.6 is 11.8 Å². The Kier molecular flexibility index (Phi) is 5.63. The lowest BCUT2D eigenvalue weighted by atomic mass is 10.0. The number of methoxy groups -OCH3 is 1. The Labute approximate surface area is 188 Å². The third-order valence-electron chi connectivity index (χ3n) is 6.36. The number of rotatable bonds is 3. The van der Waals surface area contributed by atoms with E-state index in [1.807, 2.05) is 23.9 Å². The smallest absolute Gasteiger partial charge is 0.138 e. The van der Waals surface area contributed by atoms with Crippen LogP contribution in [0.15, 0.2) is 58.5 Å². The molecule has 3 aliphatic rings. The van der Waals surface area contributed by atoms with E-state index in [9.17, 15) is 0 Å². The van der Waals surface area contributed by atoms with Crippen LogP contribution in [0.1, 0.15) is 12.5 Å². The molecule has 5 rings (SSSR count). The Bertz CT molecular complexity index is 1020. The number of fused-ring (bicyclic) bond motifs is 2. The van der Waals surface area contributed by atoms with E-state index in [0.717, 1.165) is 54.1 Å². The Hall–Kier alpha value is -2.51. The number of piperazine rings is 1. The number of nitrogens with zero attached hydrogens (tertiary/aromatic N) is 4. The minimum absolute atomic E-state index is 0.0349. The average molecular weight is 436 g/mol. The SMILES string of the molecule is COc1ccccc1C[C@H]1CN(C2=Nc3ccccc3NC3SC(C)=NC23)CCN1C. The molecule has 1 N–H and O–H groups in total. The van der Waals surface area contributed by atoms with Gasteiger partial charge in [-0.25, -0.2) is 4.99 Å². The quantitative estimate of drug-likeness (QED) is 0.793. The Balaban J connectivity index is 1.44. The zero-order chi connectivity index (χ0) is 21.4. The summed E-state index contributed by atoms with van der Waals surface area (Å²) in [4.78, 5) is 15.1. The number of nitrogens with one attached hydrogen (secondary N) is 1. The molecular weight excluding hydrogens is 406 g/mol. The van der Waals surface area contributed by atoms with Gasteiger partial charge in [-0.15, -0.1) is 0 Å². The lowest BCUT2D eigenvalue weighted by molar-refractivity contribution is 0.138. The number of benzene rings is 2. The van der Waals surface area contributed by atoms with Crippen LogP contribution in [-0.4, -0.2) is 71.9 Å². The predicted octanol–water partition coefficient (Wildman–Crippen LogP) is 3.87. The first-order valence-electron chi connectivity index (χ1n) is 10.8. The highest BCUT2D eigenvalue weighted by Crippen LogP contribution is 2.37. The second kappa shape index (κ2) is 8.55. The lowest BCUT2D eigenvalue weighted by Gasteiger charge is -2.42. The third-order valence-corrected chi connectivity index (χ3v) is 7.43. The van der Waals surface area contributed by atoms with Crippen molar-refractivity contribution >= 4 is 34.0 Å². The van der Waals surface area contributed by atoms with Gasteiger partial charge in [-0.3, -0.25) is 9.89 Å². The number of para-hydroxylation sites is 3. The maximum atomic E-state index is 5.60. The summed E-state index contributed by atoms with van der Waals surface area (Å²) in [5.74, 6) is 2.05. The number of likely N-dealkylation sites (N-methyl/N-ethyl adjacent to an activating group) is 1. The molecule has 2 aromatic carbocycles. The first-order chi connectivity index (χ1) is 15.1. The molecule has 6 nitrogen and oxygen atoms in total. The van der Waals surface area contributed by atoms with Crippen molar-refractivity contribution in [1.29, 1.82) is 0 Å². The van der Waals surface area contributed by atoms with Crippen LogP contribution in [0.4, 0.5) is 11.4 Å². The van der Waals surface area contributed by atoms with E-state index in [-0.39, 0.29) is 11.4 Å². The molecule has 2 aromatic rings. The molecule has 2 unspecified atom stereocenters. The monoisotopic (exact) mass is 435 g/mol. The molecule has 1 saturated heterocycles. The molecular formula is C24H29N5OS. The highest BCUT2D eigenvalue weighted by Gasteiger charge is 2.39. The first kappa shape index (κ1) is 20.4. The maximum absolute atomic E-state index is 5.60. The van der Waals surface area contributed by atoms with E-state index in [4.69, 9.17) is 14.7 Å². The highest BCUT2D eigenvalue weighted by atomic mass is 32.2. The molecule has 1 fully saturated rings. The number of aliphatic imine (C=N–C) groups is 2.